The van der Waals surface area contributed by atoms with E-state index in [2.05, 4.69) is 18.2 Å². The van der Waals surface area contributed by atoms with Gasteiger partial charge in [0.05, 0.1) is 0 Å². The minimum Gasteiger partial charge on any atom is -0.252 e. The summed E-state index contributed by atoms with van der Waals surface area (Å²) >= 11 is 0. The minimum atomic E-state index is -4.44. The fourth-order valence-electron chi connectivity index (χ4n) is 0.468. The molecule has 0 saturated heterocycles. The van der Waals surface area contributed by atoms with Crippen LogP contribution in [0.25, 0.3) is 0 Å². The number of alkyl halides is 3. The zero-order valence-electron chi connectivity index (χ0n) is 6.30. The molecule has 0 aliphatic heterocycles. The van der Waals surface area contributed by atoms with Crippen molar-refractivity contribution in [3.63, 3.8) is 0 Å². The van der Waals surface area contributed by atoms with Crippen LogP contribution in [0.2, 0.25) is 0 Å². The van der Waals surface area contributed by atoms with Gasteiger partial charge in [0, 0.05) is 6.20 Å². The Morgan fingerprint density at radius 2 is 1.83 bits per heavy atom. The normalized spacial score (nSPS) is 13.4. The van der Waals surface area contributed by atoms with Crippen molar-refractivity contribution in [3.8, 4) is 0 Å². The molecule has 0 saturated carbocycles. The van der Waals surface area contributed by atoms with Crippen LogP contribution in [0.15, 0.2) is 42.6 Å². The maximum atomic E-state index is 12.0. The molecule has 0 unspecified atom stereocenters. The monoisotopic (exact) mass is 175 g/mol. The maximum absolute atomic E-state index is 12.0. The van der Waals surface area contributed by atoms with Gasteiger partial charge < -0.3 is 0 Å². The predicted molar refractivity (Wildman–Crippen MR) is 43.0 cm³/mol. The molecule has 0 fully saturated rings. The summed E-state index contributed by atoms with van der Waals surface area (Å²) in [6, 6.07) is 0. The van der Waals surface area contributed by atoms with Gasteiger partial charge in [-0.3, -0.25) is 4.99 Å². The smallest absolute Gasteiger partial charge is 0.252 e. The Hall–Kier alpha value is -1.32. The number of aliphatic imine (C=N–C) groups is 1. The number of rotatable bonds is 3. The van der Waals surface area contributed by atoms with E-state index in [0.717, 1.165) is 18.4 Å². The first-order valence-corrected chi connectivity index (χ1v) is 3.07. The van der Waals surface area contributed by atoms with Crippen molar-refractivity contribution < 1.29 is 13.2 Å². The van der Waals surface area contributed by atoms with E-state index < -0.39 is 11.9 Å². The van der Waals surface area contributed by atoms with E-state index in [1.807, 2.05) is 0 Å². The maximum Gasteiger partial charge on any atom is 0.433 e. The van der Waals surface area contributed by atoms with E-state index in [1.165, 1.54) is 6.08 Å². The first kappa shape index (κ1) is 10.7. The molecule has 0 aliphatic rings. The van der Waals surface area contributed by atoms with E-state index >= 15 is 0 Å². The number of hydrogen-bond donors (Lipinski definition) is 0. The van der Waals surface area contributed by atoms with E-state index in [1.54, 1.807) is 0 Å². The lowest BCUT2D eigenvalue weighted by molar-refractivity contribution is -0.0576. The summed E-state index contributed by atoms with van der Waals surface area (Å²) in [5.74, 6) is 0. The molecule has 0 rings (SSSR count). The second-order valence-electron chi connectivity index (χ2n) is 1.79. The highest BCUT2D eigenvalue weighted by molar-refractivity contribution is 5.99. The van der Waals surface area contributed by atoms with Gasteiger partial charge in [-0.2, -0.15) is 13.2 Å². The van der Waals surface area contributed by atoms with E-state index in [9.17, 15) is 13.2 Å². The highest BCUT2D eigenvalue weighted by atomic mass is 19.4. The summed E-state index contributed by atoms with van der Waals surface area (Å²) < 4.78 is 35.9. The largest absolute Gasteiger partial charge is 0.433 e. The zero-order chi connectivity index (χ0) is 9.61. The quantitative estimate of drug-likeness (QED) is 0.462. The summed E-state index contributed by atoms with van der Waals surface area (Å²) in [6.45, 7) is 6.31. The number of halogens is 3. The molecule has 0 aliphatic carbocycles. The molecule has 0 atom stereocenters. The van der Waals surface area contributed by atoms with Gasteiger partial charge in [-0.25, -0.2) is 0 Å². The molecule has 0 heterocycles. The average Bonchev–Trinajstić information content (AvgIpc) is 1.95. The van der Waals surface area contributed by atoms with E-state index in [-0.39, 0.29) is 0 Å². The SMILES string of the molecule is C=C/C=C\C(=N/C=C)C(F)(F)F. The van der Waals surface area contributed by atoms with Gasteiger partial charge in [-0.1, -0.05) is 25.3 Å². The Morgan fingerprint density at radius 3 is 2.17 bits per heavy atom. The third-order valence-electron chi connectivity index (χ3n) is 0.911. The minimum absolute atomic E-state index is 0.828. The Labute approximate surface area is 68.6 Å². The summed E-state index contributed by atoms with van der Waals surface area (Å²) in [5, 5.41) is 0. The molecule has 0 spiro atoms. The van der Waals surface area contributed by atoms with Gasteiger partial charge in [-0.15, -0.1) is 0 Å². The van der Waals surface area contributed by atoms with Crippen LogP contribution in [-0.4, -0.2) is 11.9 Å². The highest BCUT2D eigenvalue weighted by Crippen LogP contribution is 2.18. The van der Waals surface area contributed by atoms with E-state index in [4.69, 9.17) is 0 Å². The molecule has 0 N–H and O–H groups in total. The van der Waals surface area contributed by atoms with Crippen LogP contribution in [0.3, 0.4) is 0 Å². The molecular formula is C8H8F3N. The molecule has 0 aromatic carbocycles. The molecule has 1 nitrogen and oxygen atoms in total. The van der Waals surface area contributed by atoms with Crippen LogP contribution >= 0.6 is 0 Å². The second kappa shape index (κ2) is 4.54. The Bertz CT molecular complexity index is 223. The fraction of sp³-hybridized carbons (Fsp3) is 0.125. The van der Waals surface area contributed by atoms with Crippen molar-refractivity contribution in [1.82, 2.24) is 0 Å². The summed E-state index contributed by atoms with van der Waals surface area (Å²) in [6.07, 6.45) is -0.362. The van der Waals surface area contributed by atoms with Gasteiger partial charge in [0.1, 0.15) is 5.71 Å². The third kappa shape index (κ3) is 3.75. The fourth-order valence-corrected chi connectivity index (χ4v) is 0.468. The molecule has 0 bridgehead atoms. The van der Waals surface area contributed by atoms with Crippen LogP contribution in [0, 0.1) is 0 Å². The van der Waals surface area contributed by atoms with Crippen molar-refractivity contribution in [2.45, 2.75) is 6.18 Å². The molecule has 66 valence electrons. The van der Waals surface area contributed by atoms with Crippen molar-refractivity contribution in [2.75, 3.05) is 0 Å². The van der Waals surface area contributed by atoms with Crippen molar-refractivity contribution in [2.24, 2.45) is 4.99 Å². The second-order valence-corrected chi connectivity index (χ2v) is 1.79. The lowest BCUT2D eigenvalue weighted by atomic mass is 10.3. The Kier molecular flexibility index (Phi) is 4.04. The first-order chi connectivity index (χ1) is 5.52. The lowest BCUT2D eigenvalue weighted by Crippen LogP contribution is -2.20. The molecule has 0 radical (unpaired) electrons. The summed E-state index contributed by atoms with van der Waals surface area (Å²) in [5.41, 5.74) is -0.989. The van der Waals surface area contributed by atoms with E-state index in [0.29, 0.717) is 0 Å². The molecular weight excluding hydrogens is 167 g/mol. The summed E-state index contributed by atoms with van der Waals surface area (Å²) in [4.78, 5) is 3.05. The highest BCUT2D eigenvalue weighted by Gasteiger charge is 2.33. The standard InChI is InChI=1S/C8H8F3N/c1-3-5-6-7(12-4-2)8(9,10)11/h3-6H,1-2H2/b6-5-,12-7+. The molecule has 0 amide bonds. The van der Waals surface area contributed by atoms with Crippen LogP contribution in [0.1, 0.15) is 0 Å². The summed E-state index contributed by atoms with van der Waals surface area (Å²) in [7, 11) is 0. The Morgan fingerprint density at radius 1 is 1.25 bits per heavy atom. The van der Waals surface area contributed by atoms with Gasteiger partial charge >= 0.3 is 6.18 Å². The number of allylic oxidation sites excluding steroid dienone is 3. The van der Waals surface area contributed by atoms with Gasteiger partial charge in [-0.05, 0) is 6.08 Å². The number of nitrogens with zero attached hydrogens (tertiary/aromatic N) is 1. The molecule has 12 heavy (non-hydrogen) atoms. The predicted octanol–water partition coefficient (Wildman–Crippen LogP) is 2.88. The number of hydrogen-bond acceptors (Lipinski definition) is 1. The van der Waals surface area contributed by atoms with Gasteiger partial charge in [0.2, 0.25) is 0 Å². The molecule has 0 aromatic rings. The van der Waals surface area contributed by atoms with Crippen molar-refractivity contribution in [3.05, 3.63) is 37.6 Å². The average molecular weight is 175 g/mol. The Balaban J connectivity index is 4.68. The van der Waals surface area contributed by atoms with Crippen LogP contribution in [-0.2, 0) is 0 Å². The topological polar surface area (TPSA) is 12.4 Å². The van der Waals surface area contributed by atoms with Crippen LogP contribution < -0.4 is 0 Å². The van der Waals surface area contributed by atoms with Gasteiger partial charge in [0.25, 0.3) is 0 Å². The first-order valence-electron chi connectivity index (χ1n) is 3.07. The van der Waals surface area contributed by atoms with Gasteiger partial charge in [0.15, 0.2) is 0 Å². The zero-order valence-corrected chi connectivity index (χ0v) is 6.30. The van der Waals surface area contributed by atoms with Crippen LogP contribution in [0.5, 0.6) is 0 Å². The third-order valence-corrected chi connectivity index (χ3v) is 0.911. The lowest BCUT2D eigenvalue weighted by Gasteiger charge is -2.03. The molecule has 0 aromatic heterocycles. The van der Waals surface area contributed by atoms with Crippen LogP contribution in [0.4, 0.5) is 13.2 Å². The molecule has 4 heteroatoms. The van der Waals surface area contributed by atoms with Crippen molar-refractivity contribution >= 4 is 5.71 Å². The van der Waals surface area contributed by atoms with Crippen molar-refractivity contribution in [1.29, 1.82) is 0 Å².